The van der Waals surface area contributed by atoms with Crippen molar-refractivity contribution < 1.29 is 13.2 Å². The zero-order valence-corrected chi connectivity index (χ0v) is 25.1. The van der Waals surface area contributed by atoms with E-state index in [1.54, 1.807) is 35.7 Å². The van der Waals surface area contributed by atoms with E-state index in [9.17, 15) is 8.42 Å². The van der Waals surface area contributed by atoms with Crippen LogP contribution in [0.3, 0.4) is 0 Å². The fourth-order valence-corrected chi connectivity index (χ4v) is 8.05. The molecule has 10 heteroatoms. The first-order valence-electron chi connectivity index (χ1n) is 15.1. The van der Waals surface area contributed by atoms with Crippen LogP contribution in [0.1, 0.15) is 50.9 Å². The summed E-state index contributed by atoms with van der Waals surface area (Å²) in [6, 6.07) is 15.6. The molecule has 4 heterocycles. The van der Waals surface area contributed by atoms with Gasteiger partial charge in [-0.25, -0.2) is 18.4 Å². The molecule has 0 radical (unpaired) electrons. The second-order valence-electron chi connectivity index (χ2n) is 11.5. The minimum absolute atomic E-state index is 0.0184. The van der Waals surface area contributed by atoms with E-state index in [1.807, 2.05) is 6.07 Å². The van der Waals surface area contributed by atoms with Crippen molar-refractivity contribution in [3.63, 3.8) is 0 Å². The molecule has 3 saturated heterocycles. The predicted octanol–water partition coefficient (Wildman–Crippen LogP) is 4.16. The average molecular weight is 579 g/mol. The van der Waals surface area contributed by atoms with Crippen LogP contribution >= 0.6 is 0 Å². The van der Waals surface area contributed by atoms with Crippen LogP contribution < -0.4 is 9.64 Å². The number of piperazine rings is 1. The van der Waals surface area contributed by atoms with E-state index >= 15 is 0 Å². The molecule has 3 aliphatic heterocycles. The van der Waals surface area contributed by atoms with Crippen molar-refractivity contribution in [2.75, 3.05) is 64.4 Å². The Kier molecular flexibility index (Phi) is 8.44. The smallest absolute Gasteiger partial charge is 0.243 e. The minimum atomic E-state index is -3.55. The third-order valence-corrected chi connectivity index (χ3v) is 11.1. The molecule has 0 N–H and O–H groups in total. The van der Waals surface area contributed by atoms with E-state index in [2.05, 4.69) is 39.8 Å². The predicted molar refractivity (Wildman–Crippen MR) is 162 cm³/mol. The molecule has 0 amide bonds. The molecule has 0 bridgehead atoms. The number of sulfonamides is 1. The average Bonchev–Trinajstić information content (AvgIpc) is 3.04. The number of anilines is 1. The lowest BCUT2D eigenvalue weighted by Gasteiger charge is -2.41. The second-order valence-corrected chi connectivity index (χ2v) is 13.5. The van der Waals surface area contributed by atoms with Crippen molar-refractivity contribution in [1.29, 1.82) is 0 Å². The van der Waals surface area contributed by atoms with E-state index in [0.29, 0.717) is 42.9 Å². The molecule has 0 saturated carbocycles. The van der Waals surface area contributed by atoms with Crippen molar-refractivity contribution in [3.05, 3.63) is 54.4 Å². The van der Waals surface area contributed by atoms with Crippen LogP contribution in [0.5, 0.6) is 5.75 Å². The first-order valence-corrected chi connectivity index (χ1v) is 16.5. The highest BCUT2D eigenvalue weighted by atomic mass is 32.2. The molecule has 0 spiro atoms. The standard InChI is InChI=1S/C31H42N6O3S/c1-24(34-20-22-37(23-21-34)41(38,39)27-12-10-26(40-2)11-13-27)30-32-29-9-5-4-8-28(29)31(33-30)36-18-14-25(15-19-36)35-16-6-3-7-17-35/h4-5,8-13,24-25H,3,6-7,14-23H2,1-2H3. The van der Waals surface area contributed by atoms with Crippen molar-refractivity contribution in [1.82, 2.24) is 24.1 Å². The zero-order chi connectivity index (χ0) is 28.4. The van der Waals surface area contributed by atoms with Crippen LogP contribution in [0.2, 0.25) is 0 Å². The molecule has 2 aromatic carbocycles. The van der Waals surface area contributed by atoms with Gasteiger partial charge in [0, 0.05) is 50.7 Å². The summed E-state index contributed by atoms with van der Waals surface area (Å²) in [7, 11) is -1.98. The Morgan fingerprint density at radius 2 is 1.51 bits per heavy atom. The first-order chi connectivity index (χ1) is 19.9. The van der Waals surface area contributed by atoms with Gasteiger partial charge < -0.3 is 14.5 Å². The fraction of sp³-hybridized carbons (Fsp3) is 0.548. The molecular formula is C31H42N6O3S. The summed E-state index contributed by atoms with van der Waals surface area (Å²) in [6.45, 7) is 8.79. The van der Waals surface area contributed by atoms with Crippen LogP contribution in [0.15, 0.2) is 53.4 Å². The Bertz CT molecular complexity index is 1430. The maximum Gasteiger partial charge on any atom is 0.243 e. The summed E-state index contributed by atoms with van der Waals surface area (Å²) in [4.78, 5) is 17.9. The Hall–Kier alpha value is -2.79. The number of benzene rings is 2. The summed E-state index contributed by atoms with van der Waals surface area (Å²) in [5.74, 6) is 2.49. The van der Waals surface area contributed by atoms with Gasteiger partial charge in [-0.05, 0) is 82.1 Å². The maximum absolute atomic E-state index is 13.3. The number of fused-ring (bicyclic) bond motifs is 1. The van der Waals surface area contributed by atoms with E-state index in [1.165, 1.54) is 45.2 Å². The molecule has 1 unspecified atom stereocenters. The van der Waals surface area contributed by atoms with Crippen molar-refractivity contribution in [3.8, 4) is 5.75 Å². The molecule has 3 aromatic rings. The lowest BCUT2D eigenvalue weighted by Crippen LogP contribution is -2.49. The molecule has 0 aliphatic carbocycles. The lowest BCUT2D eigenvalue weighted by atomic mass is 9.99. The van der Waals surface area contributed by atoms with Gasteiger partial charge in [-0.1, -0.05) is 18.6 Å². The number of likely N-dealkylation sites (tertiary alicyclic amines) is 1. The number of para-hydroxylation sites is 1. The number of ether oxygens (including phenoxy) is 1. The van der Waals surface area contributed by atoms with Crippen LogP contribution in [-0.4, -0.2) is 98.0 Å². The number of piperidine rings is 2. The number of hydrogen-bond acceptors (Lipinski definition) is 8. The number of nitrogens with zero attached hydrogens (tertiary/aromatic N) is 6. The lowest BCUT2D eigenvalue weighted by molar-refractivity contribution is 0.140. The van der Waals surface area contributed by atoms with Gasteiger partial charge >= 0.3 is 0 Å². The highest BCUT2D eigenvalue weighted by Crippen LogP contribution is 2.31. The van der Waals surface area contributed by atoms with Gasteiger partial charge in [0.1, 0.15) is 17.4 Å². The molecule has 41 heavy (non-hydrogen) atoms. The fourth-order valence-electron chi connectivity index (χ4n) is 6.62. The molecule has 1 atom stereocenters. The number of hydrogen-bond donors (Lipinski definition) is 0. The second kappa shape index (κ2) is 12.2. The van der Waals surface area contributed by atoms with Crippen molar-refractivity contribution in [2.45, 2.75) is 56.0 Å². The van der Waals surface area contributed by atoms with Gasteiger partial charge in [0.05, 0.1) is 23.6 Å². The monoisotopic (exact) mass is 578 g/mol. The summed E-state index contributed by atoms with van der Waals surface area (Å²) in [5, 5.41) is 1.11. The zero-order valence-electron chi connectivity index (χ0n) is 24.3. The minimum Gasteiger partial charge on any atom is -0.497 e. The van der Waals surface area contributed by atoms with E-state index < -0.39 is 10.0 Å². The number of rotatable bonds is 7. The van der Waals surface area contributed by atoms with Crippen LogP contribution in [0, 0.1) is 0 Å². The van der Waals surface area contributed by atoms with E-state index in [4.69, 9.17) is 14.7 Å². The Morgan fingerprint density at radius 3 is 2.20 bits per heavy atom. The Morgan fingerprint density at radius 1 is 0.829 bits per heavy atom. The Balaban J connectivity index is 1.15. The van der Waals surface area contributed by atoms with Crippen LogP contribution in [0.4, 0.5) is 5.82 Å². The van der Waals surface area contributed by atoms with Gasteiger partial charge in [-0.3, -0.25) is 4.90 Å². The summed E-state index contributed by atoms with van der Waals surface area (Å²) >= 11 is 0. The van der Waals surface area contributed by atoms with Crippen LogP contribution in [0.25, 0.3) is 10.9 Å². The van der Waals surface area contributed by atoms with Crippen LogP contribution in [-0.2, 0) is 10.0 Å². The number of aromatic nitrogens is 2. The van der Waals surface area contributed by atoms with Gasteiger partial charge in [0.2, 0.25) is 10.0 Å². The summed E-state index contributed by atoms with van der Waals surface area (Å²) < 4.78 is 33.3. The molecule has 1 aromatic heterocycles. The van der Waals surface area contributed by atoms with Gasteiger partial charge in [0.15, 0.2) is 0 Å². The normalized spacial score (nSPS) is 21.3. The summed E-state index contributed by atoms with van der Waals surface area (Å²) in [6.07, 6.45) is 6.39. The van der Waals surface area contributed by atoms with Gasteiger partial charge in [-0.2, -0.15) is 4.31 Å². The largest absolute Gasteiger partial charge is 0.497 e. The van der Waals surface area contributed by atoms with E-state index in [0.717, 1.165) is 35.6 Å². The highest BCUT2D eigenvalue weighted by Gasteiger charge is 2.32. The molecular weight excluding hydrogens is 536 g/mol. The number of methoxy groups -OCH3 is 1. The molecule has 220 valence electrons. The molecule has 9 nitrogen and oxygen atoms in total. The quantitative estimate of drug-likeness (QED) is 0.414. The third kappa shape index (κ3) is 5.93. The maximum atomic E-state index is 13.3. The molecule has 3 fully saturated rings. The topological polar surface area (TPSA) is 82.1 Å². The van der Waals surface area contributed by atoms with Gasteiger partial charge in [-0.15, -0.1) is 0 Å². The first kappa shape index (κ1) is 28.3. The summed E-state index contributed by atoms with van der Waals surface area (Å²) in [5.41, 5.74) is 0.971. The third-order valence-electron chi connectivity index (χ3n) is 9.16. The molecule has 3 aliphatic rings. The molecule has 6 rings (SSSR count). The Labute approximate surface area is 244 Å². The van der Waals surface area contributed by atoms with E-state index in [-0.39, 0.29) is 6.04 Å². The highest BCUT2D eigenvalue weighted by molar-refractivity contribution is 7.89. The van der Waals surface area contributed by atoms with Crippen molar-refractivity contribution >= 4 is 26.7 Å². The van der Waals surface area contributed by atoms with Gasteiger partial charge in [0.25, 0.3) is 0 Å². The SMILES string of the molecule is COc1ccc(S(=O)(=O)N2CCN(C(C)c3nc(N4CCC(N5CCCCC5)CC4)c4ccccc4n3)CC2)cc1. The van der Waals surface area contributed by atoms with Crippen molar-refractivity contribution in [2.24, 2.45) is 0 Å².